The Labute approximate surface area is 110 Å². The van der Waals surface area contributed by atoms with Crippen LogP contribution in [0.2, 0.25) is 0 Å². The van der Waals surface area contributed by atoms with Gasteiger partial charge in [-0.15, -0.1) is 6.58 Å². The molecule has 2 heteroatoms. The Morgan fingerprint density at radius 3 is 2.39 bits per heavy atom. The van der Waals surface area contributed by atoms with Crippen molar-refractivity contribution in [1.29, 1.82) is 0 Å². The summed E-state index contributed by atoms with van der Waals surface area (Å²) in [6.07, 6.45) is 10.8. The van der Waals surface area contributed by atoms with Crippen LogP contribution in [0.5, 0.6) is 0 Å². The minimum atomic E-state index is 0.726. The molecule has 1 saturated heterocycles. The first-order valence-corrected chi connectivity index (χ1v) is 6.76. The lowest BCUT2D eigenvalue weighted by molar-refractivity contribution is -0.687. The van der Waals surface area contributed by atoms with E-state index in [-0.39, 0.29) is 0 Å². The van der Waals surface area contributed by atoms with E-state index in [1.807, 2.05) is 12.2 Å². The van der Waals surface area contributed by atoms with Gasteiger partial charge >= 0.3 is 0 Å². The van der Waals surface area contributed by atoms with E-state index in [2.05, 4.69) is 47.2 Å². The fourth-order valence-corrected chi connectivity index (χ4v) is 2.64. The standard InChI is InChI=1S/C16H23N2/c1-3-9-17-11-5-15(6-12-17)16-7-13-18(10-4-2)14-8-16/h3-6,11-12,16H,1-2,7-10,13-14H2/q+1. The number of pyridine rings is 1. The maximum atomic E-state index is 3.81. The van der Waals surface area contributed by atoms with Crippen molar-refractivity contribution in [1.82, 2.24) is 4.90 Å². The second-order valence-electron chi connectivity index (χ2n) is 4.98. The molecule has 0 atom stereocenters. The van der Waals surface area contributed by atoms with Gasteiger partial charge < -0.3 is 0 Å². The van der Waals surface area contributed by atoms with Crippen molar-refractivity contribution < 1.29 is 4.57 Å². The van der Waals surface area contributed by atoms with Gasteiger partial charge in [0, 0.05) is 18.7 Å². The molecule has 96 valence electrons. The molecule has 0 unspecified atom stereocenters. The zero-order chi connectivity index (χ0) is 12.8. The summed E-state index contributed by atoms with van der Waals surface area (Å²) >= 11 is 0. The molecule has 2 heterocycles. The van der Waals surface area contributed by atoms with Crippen LogP contribution in [0.1, 0.15) is 24.3 Å². The first kappa shape index (κ1) is 13.0. The van der Waals surface area contributed by atoms with Gasteiger partial charge in [-0.3, -0.25) is 4.90 Å². The summed E-state index contributed by atoms with van der Waals surface area (Å²) in [4.78, 5) is 2.48. The van der Waals surface area contributed by atoms with Crippen molar-refractivity contribution in [3.63, 3.8) is 0 Å². The van der Waals surface area contributed by atoms with Gasteiger partial charge in [0.05, 0.1) is 0 Å². The van der Waals surface area contributed by atoms with Gasteiger partial charge in [0.1, 0.15) is 0 Å². The molecule has 1 fully saturated rings. The maximum absolute atomic E-state index is 3.81. The molecular formula is C16H23N2+. The minimum absolute atomic E-state index is 0.726. The predicted octanol–water partition coefficient (Wildman–Crippen LogP) is 2.53. The Kier molecular flexibility index (Phi) is 4.71. The van der Waals surface area contributed by atoms with Gasteiger partial charge in [0.15, 0.2) is 18.9 Å². The zero-order valence-corrected chi connectivity index (χ0v) is 11.1. The number of nitrogens with zero attached hydrogens (tertiary/aromatic N) is 2. The van der Waals surface area contributed by atoms with Gasteiger partial charge in [0.25, 0.3) is 0 Å². The summed E-state index contributed by atoms with van der Waals surface area (Å²) in [6.45, 7) is 11.9. The van der Waals surface area contributed by atoms with Crippen molar-refractivity contribution >= 4 is 0 Å². The molecule has 0 N–H and O–H groups in total. The number of rotatable bonds is 5. The normalized spacial score (nSPS) is 17.6. The number of aromatic nitrogens is 1. The smallest absolute Gasteiger partial charge is 0.169 e. The molecule has 1 aliphatic heterocycles. The monoisotopic (exact) mass is 243 g/mol. The van der Waals surface area contributed by atoms with E-state index >= 15 is 0 Å². The lowest BCUT2D eigenvalue weighted by Gasteiger charge is -2.31. The number of hydrogen-bond acceptors (Lipinski definition) is 1. The Hall–Kier alpha value is -1.41. The minimum Gasteiger partial charge on any atom is -0.300 e. The SMILES string of the molecule is C=CCN1CCC(c2cc[n+](CC=C)cc2)CC1. The second kappa shape index (κ2) is 6.50. The van der Waals surface area contributed by atoms with Crippen LogP contribution >= 0.6 is 0 Å². The summed E-state index contributed by atoms with van der Waals surface area (Å²) < 4.78 is 2.16. The quantitative estimate of drug-likeness (QED) is 0.569. The van der Waals surface area contributed by atoms with E-state index in [9.17, 15) is 0 Å². The van der Waals surface area contributed by atoms with Crippen LogP contribution < -0.4 is 4.57 Å². The predicted molar refractivity (Wildman–Crippen MR) is 75.4 cm³/mol. The number of likely N-dealkylation sites (tertiary alicyclic amines) is 1. The molecule has 2 rings (SSSR count). The van der Waals surface area contributed by atoms with E-state index in [1.165, 1.54) is 31.5 Å². The van der Waals surface area contributed by atoms with Crippen LogP contribution in [0, 0.1) is 0 Å². The highest BCUT2D eigenvalue weighted by atomic mass is 15.1. The lowest BCUT2D eigenvalue weighted by atomic mass is 9.90. The van der Waals surface area contributed by atoms with Gasteiger partial charge in [-0.25, -0.2) is 4.57 Å². The molecule has 0 radical (unpaired) electrons. The molecule has 1 aromatic heterocycles. The molecule has 0 aromatic carbocycles. The van der Waals surface area contributed by atoms with Gasteiger partial charge in [0.2, 0.25) is 0 Å². The average molecular weight is 243 g/mol. The third-order valence-corrected chi connectivity index (χ3v) is 3.70. The van der Waals surface area contributed by atoms with Crippen LogP contribution in [0.25, 0.3) is 0 Å². The van der Waals surface area contributed by atoms with Crippen molar-refractivity contribution in [3.05, 3.63) is 55.4 Å². The Morgan fingerprint density at radius 1 is 1.17 bits per heavy atom. The van der Waals surface area contributed by atoms with Crippen LogP contribution in [0.15, 0.2) is 49.8 Å². The average Bonchev–Trinajstić information content (AvgIpc) is 2.41. The molecule has 0 aliphatic carbocycles. The third kappa shape index (κ3) is 3.30. The van der Waals surface area contributed by atoms with Gasteiger partial charge in [-0.2, -0.15) is 0 Å². The van der Waals surface area contributed by atoms with Gasteiger partial charge in [-0.05, 0) is 43.5 Å². The number of hydrogen-bond donors (Lipinski definition) is 0. The molecule has 18 heavy (non-hydrogen) atoms. The highest BCUT2D eigenvalue weighted by molar-refractivity contribution is 5.15. The Morgan fingerprint density at radius 2 is 1.83 bits per heavy atom. The van der Waals surface area contributed by atoms with Crippen LogP contribution in [-0.4, -0.2) is 24.5 Å². The van der Waals surface area contributed by atoms with E-state index in [4.69, 9.17) is 0 Å². The van der Waals surface area contributed by atoms with E-state index in [0.29, 0.717) is 0 Å². The van der Waals surface area contributed by atoms with E-state index < -0.39 is 0 Å². The molecular weight excluding hydrogens is 220 g/mol. The largest absolute Gasteiger partial charge is 0.300 e. The lowest BCUT2D eigenvalue weighted by Crippen LogP contribution is -2.34. The zero-order valence-electron chi connectivity index (χ0n) is 11.1. The highest BCUT2D eigenvalue weighted by Crippen LogP contribution is 2.27. The molecule has 0 bridgehead atoms. The number of allylic oxidation sites excluding steroid dienone is 1. The maximum Gasteiger partial charge on any atom is 0.169 e. The Bertz CT molecular complexity index is 386. The fraction of sp³-hybridized carbons (Fsp3) is 0.438. The molecule has 0 spiro atoms. The van der Waals surface area contributed by atoms with Gasteiger partial charge in [-0.1, -0.05) is 12.7 Å². The highest BCUT2D eigenvalue weighted by Gasteiger charge is 2.20. The topological polar surface area (TPSA) is 7.12 Å². The molecule has 1 aliphatic rings. The fourth-order valence-electron chi connectivity index (χ4n) is 2.64. The summed E-state index contributed by atoms with van der Waals surface area (Å²) in [5, 5.41) is 0. The third-order valence-electron chi connectivity index (χ3n) is 3.70. The summed E-state index contributed by atoms with van der Waals surface area (Å²) in [5.41, 5.74) is 1.48. The summed E-state index contributed by atoms with van der Waals surface area (Å²) in [5.74, 6) is 0.726. The van der Waals surface area contributed by atoms with Crippen LogP contribution in [0.3, 0.4) is 0 Å². The molecule has 0 saturated carbocycles. The van der Waals surface area contributed by atoms with Crippen LogP contribution in [-0.2, 0) is 6.54 Å². The molecule has 2 nitrogen and oxygen atoms in total. The van der Waals surface area contributed by atoms with E-state index in [0.717, 1.165) is 19.0 Å². The summed E-state index contributed by atoms with van der Waals surface area (Å²) in [7, 11) is 0. The first-order valence-electron chi connectivity index (χ1n) is 6.76. The van der Waals surface area contributed by atoms with Crippen molar-refractivity contribution in [2.24, 2.45) is 0 Å². The Balaban J connectivity index is 1.92. The number of piperidine rings is 1. The second-order valence-corrected chi connectivity index (χ2v) is 4.98. The van der Waals surface area contributed by atoms with Crippen molar-refractivity contribution in [2.75, 3.05) is 19.6 Å². The first-order chi connectivity index (χ1) is 8.83. The van der Waals surface area contributed by atoms with Crippen LogP contribution in [0.4, 0.5) is 0 Å². The van der Waals surface area contributed by atoms with Crippen molar-refractivity contribution in [2.45, 2.75) is 25.3 Å². The molecule has 0 amide bonds. The molecule has 1 aromatic rings. The summed E-state index contributed by atoms with van der Waals surface area (Å²) in [6, 6.07) is 4.52. The van der Waals surface area contributed by atoms with E-state index in [1.54, 1.807) is 0 Å². The van der Waals surface area contributed by atoms with Crippen molar-refractivity contribution in [3.8, 4) is 0 Å².